The van der Waals surface area contributed by atoms with Crippen LogP contribution in [0, 0.1) is 0 Å². The maximum absolute atomic E-state index is 12.9. The molecule has 29 heavy (non-hydrogen) atoms. The van der Waals surface area contributed by atoms with Gasteiger partial charge in [-0.05, 0) is 54.8 Å². The van der Waals surface area contributed by atoms with Gasteiger partial charge in [0, 0.05) is 0 Å². The van der Waals surface area contributed by atoms with Gasteiger partial charge in [0.25, 0.3) is 0 Å². The van der Waals surface area contributed by atoms with Crippen molar-refractivity contribution in [3.63, 3.8) is 0 Å². The van der Waals surface area contributed by atoms with Crippen LogP contribution in [0.25, 0.3) is 0 Å². The molecule has 3 rings (SSSR count). The molecule has 5 nitrogen and oxygen atoms in total. The Morgan fingerprint density at radius 1 is 1.21 bits per heavy atom. The minimum absolute atomic E-state index is 0.167. The minimum Gasteiger partial charge on any atom is -0.497 e. The second-order valence-corrected chi connectivity index (χ2v) is 7.51. The summed E-state index contributed by atoms with van der Waals surface area (Å²) in [6.07, 6.45) is -4.25. The van der Waals surface area contributed by atoms with Crippen LogP contribution in [0.5, 0.6) is 5.75 Å². The fourth-order valence-corrected chi connectivity index (χ4v) is 3.64. The Hall–Kier alpha value is -2.81. The van der Waals surface area contributed by atoms with Gasteiger partial charge in [-0.25, -0.2) is 0 Å². The summed E-state index contributed by atoms with van der Waals surface area (Å²) in [4.78, 5) is 12.2. The second-order valence-electron chi connectivity index (χ2n) is 6.32. The zero-order chi connectivity index (χ0) is 21.0. The first-order valence-corrected chi connectivity index (χ1v) is 9.54. The zero-order valence-corrected chi connectivity index (χ0v) is 16.5. The summed E-state index contributed by atoms with van der Waals surface area (Å²) in [7, 11) is 1.58. The van der Waals surface area contributed by atoms with Gasteiger partial charge in [-0.1, -0.05) is 30.0 Å². The molecule has 0 saturated carbocycles. The van der Waals surface area contributed by atoms with E-state index in [0.717, 1.165) is 35.2 Å². The summed E-state index contributed by atoms with van der Waals surface area (Å²) in [6.45, 7) is 1.79. The van der Waals surface area contributed by atoms with Crippen molar-refractivity contribution >= 4 is 28.5 Å². The molecule has 1 saturated heterocycles. The molecular weight excluding hydrogens is 403 g/mol. The van der Waals surface area contributed by atoms with E-state index in [2.05, 4.69) is 15.5 Å². The van der Waals surface area contributed by atoms with Crippen molar-refractivity contribution in [1.82, 2.24) is 5.32 Å². The van der Waals surface area contributed by atoms with Crippen molar-refractivity contribution in [2.24, 2.45) is 10.2 Å². The first-order valence-electron chi connectivity index (χ1n) is 8.66. The molecule has 1 N–H and O–H groups in total. The zero-order valence-electron chi connectivity index (χ0n) is 15.7. The molecule has 0 unspecified atom stereocenters. The molecule has 1 aliphatic heterocycles. The molecule has 0 aliphatic carbocycles. The molecule has 2 aromatic rings. The fourth-order valence-electron chi connectivity index (χ4n) is 2.69. The Kier molecular flexibility index (Phi) is 6.26. The highest BCUT2D eigenvalue weighted by molar-refractivity contribution is 8.15. The lowest BCUT2D eigenvalue weighted by Gasteiger charge is -2.10. The number of hydrogen-bond donors (Lipinski definition) is 1. The summed E-state index contributed by atoms with van der Waals surface area (Å²) in [5.74, 6) is 0.423. The Balaban J connectivity index is 1.68. The number of amidine groups is 1. The molecule has 0 bridgehead atoms. The van der Waals surface area contributed by atoms with Crippen molar-refractivity contribution < 1.29 is 22.7 Å². The monoisotopic (exact) mass is 421 g/mol. The van der Waals surface area contributed by atoms with Gasteiger partial charge in [0.2, 0.25) is 5.91 Å². The quantitative estimate of drug-likeness (QED) is 0.579. The van der Waals surface area contributed by atoms with Crippen LogP contribution >= 0.6 is 11.8 Å². The molecule has 9 heteroatoms. The molecule has 0 aromatic heterocycles. The number of nitrogens with zero attached hydrogens (tertiary/aromatic N) is 2. The van der Waals surface area contributed by atoms with Crippen LogP contribution in [0.3, 0.4) is 0 Å². The predicted molar refractivity (Wildman–Crippen MR) is 107 cm³/mol. The number of benzene rings is 2. The van der Waals surface area contributed by atoms with E-state index in [9.17, 15) is 18.0 Å². The number of ether oxygens (including phenoxy) is 1. The lowest BCUT2D eigenvalue weighted by Crippen LogP contribution is -2.26. The van der Waals surface area contributed by atoms with E-state index in [0.29, 0.717) is 16.4 Å². The van der Waals surface area contributed by atoms with Crippen molar-refractivity contribution in [2.45, 2.75) is 24.8 Å². The van der Waals surface area contributed by atoms with E-state index in [1.807, 2.05) is 12.1 Å². The van der Waals surface area contributed by atoms with Crippen molar-refractivity contribution in [2.75, 3.05) is 7.11 Å². The van der Waals surface area contributed by atoms with E-state index in [4.69, 9.17) is 4.74 Å². The topological polar surface area (TPSA) is 63.1 Å². The molecule has 1 heterocycles. The molecule has 1 aliphatic rings. The Bertz CT molecular complexity index is 956. The number of thioether (sulfide) groups is 1. The standard InChI is InChI=1S/C20H18F3N3O2S/c1-12(14-6-8-16(28-2)9-7-14)25-26-19-24-18(27)17(29-19)11-13-4-3-5-15(10-13)20(21,22)23/h3-10,17H,11H2,1-2H3,(H,24,26,27)/b25-12-/t17-/m1/s1. The maximum atomic E-state index is 12.9. The van der Waals surface area contributed by atoms with Gasteiger partial charge in [0.05, 0.1) is 23.6 Å². The number of carbonyl (C=O) groups is 1. The number of methoxy groups -OCH3 is 1. The smallest absolute Gasteiger partial charge is 0.416 e. The lowest BCUT2D eigenvalue weighted by atomic mass is 10.1. The molecule has 2 aromatic carbocycles. The minimum atomic E-state index is -4.42. The number of halogens is 3. The Morgan fingerprint density at radius 3 is 2.59 bits per heavy atom. The van der Waals surface area contributed by atoms with Gasteiger partial charge < -0.3 is 10.1 Å². The van der Waals surface area contributed by atoms with E-state index in [1.54, 1.807) is 32.2 Å². The largest absolute Gasteiger partial charge is 0.497 e. The number of nitrogens with one attached hydrogen (secondary N) is 1. The van der Waals surface area contributed by atoms with Crippen LogP contribution in [0.4, 0.5) is 13.2 Å². The summed E-state index contributed by atoms with van der Waals surface area (Å²) in [5.41, 5.74) is 1.21. The van der Waals surface area contributed by atoms with Gasteiger partial charge in [0.15, 0.2) is 5.17 Å². The third kappa shape index (κ3) is 5.38. The van der Waals surface area contributed by atoms with Crippen molar-refractivity contribution in [3.05, 3.63) is 65.2 Å². The Morgan fingerprint density at radius 2 is 1.93 bits per heavy atom. The first kappa shape index (κ1) is 20.9. The summed E-state index contributed by atoms with van der Waals surface area (Å²) >= 11 is 1.15. The molecule has 1 amide bonds. The van der Waals surface area contributed by atoms with Gasteiger partial charge in [-0.2, -0.15) is 18.3 Å². The highest BCUT2D eigenvalue weighted by atomic mass is 32.2. The second kappa shape index (κ2) is 8.69. The fraction of sp³-hybridized carbons (Fsp3) is 0.250. The first-order chi connectivity index (χ1) is 13.8. The molecule has 152 valence electrons. The molecule has 0 spiro atoms. The van der Waals surface area contributed by atoms with Gasteiger partial charge in [-0.3, -0.25) is 4.79 Å². The van der Waals surface area contributed by atoms with Crippen LogP contribution in [-0.2, 0) is 17.4 Å². The highest BCUT2D eigenvalue weighted by Crippen LogP contribution is 2.31. The van der Waals surface area contributed by atoms with Crippen molar-refractivity contribution in [1.29, 1.82) is 0 Å². The molecule has 1 fully saturated rings. The Labute approximate surface area is 170 Å². The summed E-state index contributed by atoms with van der Waals surface area (Å²) < 4.78 is 43.7. The lowest BCUT2D eigenvalue weighted by molar-refractivity contribution is -0.137. The van der Waals surface area contributed by atoms with Crippen LogP contribution in [-0.4, -0.2) is 29.1 Å². The van der Waals surface area contributed by atoms with Crippen LogP contribution < -0.4 is 10.1 Å². The summed E-state index contributed by atoms with van der Waals surface area (Å²) in [5, 5.41) is 10.6. The summed E-state index contributed by atoms with van der Waals surface area (Å²) in [6, 6.07) is 12.3. The average Bonchev–Trinajstić information content (AvgIpc) is 3.05. The third-order valence-corrected chi connectivity index (χ3v) is 5.32. The van der Waals surface area contributed by atoms with E-state index in [-0.39, 0.29) is 12.3 Å². The third-order valence-electron chi connectivity index (χ3n) is 4.25. The maximum Gasteiger partial charge on any atom is 0.416 e. The molecule has 1 atom stereocenters. The van der Waals surface area contributed by atoms with Gasteiger partial charge in [-0.15, -0.1) is 5.10 Å². The van der Waals surface area contributed by atoms with E-state index >= 15 is 0 Å². The number of amides is 1. The molecular formula is C20H18F3N3O2S. The van der Waals surface area contributed by atoms with Crippen LogP contribution in [0.2, 0.25) is 0 Å². The SMILES string of the molecule is COc1ccc(/C(C)=N\N=C2\NC(=O)[C@@H](Cc3cccc(C(F)(F)F)c3)S2)cc1. The number of hydrogen-bond acceptors (Lipinski definition) is 5. The van der Waals surface area contributed by atoms with E-state index < -0.39 is 17.0 Å². The van der Waals surface area contributed by atoms with E-state index in [1.165, 1.54) is 6.07 Å². The van der Waals surface area contributed by atoms with Crippen LogP contribution in [0.1, 0.15) is 23.6 Å². The number of carbonyl (C=O) groups excluding carboxylic acids is 1. The predicted octanol–water partition coefficient (Wildman–Crippen LogP) is 4.27. The molecule has 0 radical (unpaired) electrons. The highest BCUT2D eigenvalue weighted by Gasteiger charge is 2.33. The normalized spacial score (nSPS) is 18.8. The number of rotatable bonds is 5. The van der Waals surface area contributed by atoms with Crippen LogP contribution in [0.15, 0.2) is 58.7 Å². The van der Waals surface area contributed by atoms with Gasteiger partial charge >= 0.3 is 6.18 Å². The number of alkyl halides is 3. The van der Waals surface area contributed by atoms with Crippen molar-refractivity contribution in [3.8, 4) is 5.75 Å². The average molecular weight is 421 g/mol. The van der Waals surface area contributed by atoms with Gasteiger partial charge in [0.1, 0.15) is 5.75 Å².